The predicted octanol–water partition coefficient (Wildman–Crippen LogP) is 1.92. The van der Waals surface area contributed by atoms with Gasteiger partial charge in [0, 0.05) is 0 Å². The Morgan fingerprint density at radius 2 is 1.04 bits per heavy atom. The number of H-pyrrole nitrogens is 4. The monoisotopic (exact) mass is 636 g/mol. The summed E-state index contributed by atoms with van der Waals surface area (Å²) in [6.45, 7) is 5.94. The summed E-state index contributed by atoms with van der Waals surface area (Å²) in [4.78, 5) is 56.2. The fourth-order valence-corrected chi connectivity index (χ4v) is 5.09. The van der Waals surface area contributed by atoms with Gasteiger partial charge in [-0.3, -0.25) is 29.5 Å². The number of aromatic amines is 4. The third-order valence-electron chi connectivity index (χ3n) is 7.73. The highest BCUT2D eigenvalue weighted by Gasteiger charge is 2.21. The number of nitrogens with zero attached hydrogens (tertiary/aromatic N) is 4. The van der Waals surface area contributed by atoms with Crippen molar-refractivity contribution in [2.75, 3.05) is 0 Å². The minimum atomic E-state index is -0.671. The fourth-order valence-electron chi connectivity index (χ4n) is 5.09. The van der Waals surface area contributed by atoms with E-state index in [-0.39, 0.29) is 45.1 Å². The predicted molar refractivity (Wildman–Crippen MR) is 164 cm³/mol. The van der Waals surface area contributed by atoms with Crippen molar-refractivity contribution in [2.45, 2.75) is 53.0 Å². The smallest absolute Gasteiger partial charge is 0.327 e. The molecule has 6 N–H and O–H groups in total. The lowest BCUT2D eigenvalue weighted by molar-refractivity contribution is 0.276. The molecule has 16 heteroatoms. The van der Waals surface area contributed by atoms with Crippen molar-refractivity contribution < 1.29 is 19.0 Å². The van der Waals surface area contributed by atoms with Crippen LogP contribution in [0.25, 0.3) is 22.1 Å². The van der Waals surface area contributed by atoms with Crippen molar-refractivity contribution in [1.82, 2.24) is 39.5 Å². The Hall–Kier alpha value is -5.48. The van der Waals surface area contributed by atoms with E-state index in [1.165, 1.54) is 21.5 Å². The summed E-state index contributed by atoms with van der Waals surface area (Å²) in [6, 6.07) is 8.69. The number of fused-ring (bicyclic) bond motifs is 2. The van der Waals surface area contributed by atoms with Gasteiger partial charge in [-0.2, -0.15) is 10.2 Å². The van der Waals surface area contributed by atoms with Gasteiger partial charge in [0.2, 0.25) is 0 Å². The van der Waals surface area contributed by atoms with Crippen molar-refractivity contribution in [1.29, 1.82) is 0 Å². The molecule has 6 aromatic rings. The lowest BCUT2D eigenvalue weighted by atomic mass is 10.1. The lowest BCUT2D eigenvalue weighted by Gasteiger charge is -2.14. The van der Waals surface area contributed by atoms with Gasteiger partial charge in [-0.05, 0) is 62.1 Å². The van der Waals surface area contributed by atoms with Gasteiger partial charge in [-0.1, -0.05) is 24.3 Å². The van der Waals surface area contributed by atoms with Crippen LogP contribution in [-0.2, 0) is 13.2 Å². The number of hydrogen-bond acceptors (Lipinski definition) is 8. The van der Waals surface area contributed by atoms with Crippen LogP contribution < -0.4 is 22.5 Å². The SMILES string of the molecule is Cc1ccc([C@@H](C)n2nc(CO)c3c(=O)[nH]c(=O)[nH]c32)cc1F.Cc1ccc([C@H](C)n2nc(CO)c3c(=O)[nH]c(=O)[nH]c32)cc1F. The molecule has 0 spiro atoms. The average molecular weight is 637 g/mol. The molecule has 4 aromatic heterocycles. The van der Waals surface area contributed by atoms with Crippen molar-refractivity contribution >= 4 is 22.1 Å². The lowest BCUT2D eigenvalue weighted by Crippen LogP contribution is -2.23. The van der Waals surface area contributed by atoms with Gasteiger partial charge in [0.05, 0.1) is 25.3 Å². The Bertz CT molecular complexity index is 2170. The largest absolute Gasteiger partial charge is 0.390 e. The highest BCUT2D eigenvalue weighted by atomic mass is 19.1. The van der Waals surface area contributed by atoms with Crippen LogP contribution in [0.15, 0.2) is 55.6 Å². The van der Waals surface area contributed by atoms with E-state index in [1.807, 2.05) is 0 Å². The van der Waals surface area contributed by atoms with E-state index in [0.29, 0.717) is 22.3 Å². The average Bonchev–Trinajstić information content (AvgIpc) is 3.58. The van der Waals surface area contributed by atoms with E-state index < -0.39 is 47.8 Å². The summed E-state index contributed by atoms with van der Waals surface area (Å²) in [6.07, 6.45) is 0. The fraction of sp³-hybridized carbons (Fsp3) is 0.267. The van der Waals surface area contributed by atoms with E-state index in [1.54, 1.807) is 52.0 Å². The summed E-state index contributed by atoms with van der Waals surface area (Å²) < 4.78 is 30.4. The van der Waals surface area contributed by atoms with E-state index in [4.69, 9.17) is 0 Å². The van der Waals surface area contributed by atoms with Crippen LogP contribution in [0.2, 0.25) is 0 Å². The first-order valence-electron chi connectivity index (χ1n) is 14.1. The molecule has 0 bridgehead atoms. The number of nitrogens with one attached hydrogen (secondary N) is 4. The Balaban J connectivity index is 0.000000181. The molecule has 6 rings (SSSR count). The number of aliphatic hydroxyl groups excluding tert-OH is 2. The quantitative estimate of drug-likeness (QED) is 0.159. The molecule has 14 nitrogen and oxygen atoms in total. The number of benzene rings is 2. The molecule has 2 aromatic carbocycles. The second kappa shape index (κ2) is 12.5. The van der Waals surface area contributed by atoms with E-state index in [9.17, 15) is 38.2 Å². The molecule has 0 radical (unpaired) electrons. The molecule has 0 saturated carbocycles. The van der Waals surface area contributed by atoms with Gasteiger partial charge in [0.25, 0.3) is 11.1 Å². The topological polar surface area (TPSA) is 208 Å². The van der Waals surface area contributed by atoms with Crippen LogP contribution in [0.1, 0.15) is 59.6 Å². The van der Waals surface area contributed by atoms with Crippen LogP contribution in [0, 0.1) is 25.5 Å². The Morgan fingerprint density at radius 3 is 1.37 bits per heavy atom. The molecule has 4 heterocycles. The molecule has 0 saturated heterocycles. The molecule has 0 aliphatic carbocycles. The standard InChI is InChI=1S/2C15H15FN4O3/c2*1-7-3-4-9(5-10(7)16)8(2)20-13-12(11(6-21)19-20)14(22)18-15(23)17-13/h2*3-5,8,21H,6H2,1-2H3,(H2,17,18,22,23)/t2*8-/m10/s1. The number of aliphatic hydroxyl groups is 2. The van der Waals surface area contributed by atoms with Gasteiger partial charge in [-0.25, -0.2) is 27.7 Å². The normalized spacial score (nSPS) is 12.7. The minimum Gasteiger partial charge on any atom is -0.390 e. The maximum Gasteiger partial charge on any atom is 0.327 e. The van der Waals surface area contributed by atoms with Crippen LogP contribution in [0.5, 0.6) is 0 Å². The molecule has 0 amide bonds. The van der Waals surface area contributed by atoms with Crippen molar-refractivity contribution in [3.8, 4) is 0 Å². The van der Waals surface area contributed by atoms with Crippen LogP contribution in [0.4, 0.5) is 8.78 Å². The first-order chi connectivity index (χ1) is 21.8. The summed E-state index contributed by atoms with van der Waals surface area (Å²) >= 11 is 0. The van der Waals surface area contributed by atoms with Crippen molar-refractivity contribution in [2.24, 2.45) is 0 Å². The van der Waals surface area contributed by atoms with Crippen LogP contribution in [-0.4, -0.2) is 49.7 Å². The maximum atomic E-state index is 13.8. The van der Waals surface area contributed by atoms with Crippen LogP contribution in [0.3, 0.4) is 0 Å². The molecule has 2 atom stereocenters. The summed E-state index contributed by atoms with van der Waals surface area (Å²) in [5, 5.41) is 27.4. The summed E-state index contributed by atoms with van der Waals surface area (Å²) in [5.41, 5.74) is 0.389. The van der Waals surface area contributed by atoms with E-state index in [2.05, 4.69) is 30.1 Å². The zero-order valence-corrected chi connectivity index (χ0v) is 25.1. The molecule has 0 aliphatic heterocycles. The van der Waals surface area contributed by atoms with E-state index >= 15 is 0 Å². The summed E-state index contributed by atoms with van der Waals surface area (Å²) in [5.74, 6) is -0.695. The van der Waals surface area contributed by atoms with Crippen molar-refractivity contribution in [3.63, 3.8) is 0 Å². The molecule has 0 fully saturated rings. The highest BCUT2D eigenvalue weighted by molar-refractivity contribution is 5.77. The molecule has 240 valence electrons. The molecule has 0 unspecified atom stereocenters. The second-order valence-corrected chi connectivity index (χ2v) is 10.7. The minimum absolute atomic E-state index is 0.117. The maximum absolute atomic E-state index is 13.8. The molecule has 0 aliphatic rings. The second-order valence-electron chi connectivity index (χ2n) is 10.7. The third kappa shape index (κ3) is 5.82. The zero-order chi connectivity index (χ0) is 33.4. The number of aryl methyl sites for hydroxylation is 2. The Labute approximate surface area is 257 Å². The molecular weight excluding hydrogens is 606 g/mol. The number of hydrogen-bond donors (Lipinski definition) is 6. The first kappa shape index (κ1) is 31.9. The van der Waals surface area contributed by atoms with Gasteiger partial charge >= 0.3 is 11.4 Å². The van der Waals surface area contributed by atoms with Crippen LogP contribution >= 0.6 is 0 Å². The zero-order valence-electron chi connectivity index (χ0n) is 25.1. The summed E-state index contributed by atoms with van der Waals surface area (Å²) in [7, 11) is 0. The number of aromatic nitrogens is 8. The number of halogens is 2. The number of rotatable bonds is 6. The Kier molecular flexibility index (Phi) is 8.67. The molecular formula is C30H30F2N8O6. The van der Waals surface area contributed by atoms with E-state index in [0.717, 1.165) is 0 Å². The van der Waals surface area contributed by atoms with Gasteiger partial charge in [0.15, 0.2) is 0 Å². The third-order valence-corrected chi connectivity index (χ3v) is 7.73. The Morgan fingerprint density at radius 1 is 0.674 bits per heavy atom. The van der Waals surface area contributed by atoms with Gasteiger partial charge < -0.3 is 10.2 Å². The van der Waals surface area contributed by atoms with Gasteiger partial charge in [0.1, 0.15) is 45.1 Å². The molecule has 46 heavy (non-hydrogen) atoms. The first-order valence-corrected chi connectivity index (χ1v) is 14.1. The highest BCUT2D eigenvalue weighted by Crippen LogP contribution is 2.25. The van der Waals surface area contributed by atoms with Crippen molar-refractivity contribution in [3.05, 3.63) is 123 Å². The van der Waals surface area contributed by atoms with Gasteiger partial charge in [-0.15, -0.1) is 0 Å².